The van der Waals surface area contributed by atoms with Gasteiger partial charge < -0.3 is 19.5 Å². The van der Waals surface area contributed by atoms with E-state index >= 15 is 0 Å². The first kappa shape index (κ1) is 13.9. The lowest BCUT2D eigenvalue weighted by Crippen LogP contribution is -2.45. The molecule has 1 aromatic carbocycles. The van der Waals surface area contributed by atoms with E-state index in [0.29, 0.717) is 13.2 Å². The number of halogens is 1. The highest BCUT2D eigenvalue weighted by atomic mass is 79.9. The third-order valence-corrected chi connectivity index (χ3v) is 4.51. The molecule has 2 aliphatic heterocycles. The van der Waals surface area contributed by atoms with Gasteiger partial charge in [-0.1, -0.05) is 0 Å². The molecule has 2 fully saturated rings. The van der Waals surface area contributed by atoms with Crippen molar-refractivity contribution in [3.63, 3.8) is 0 Å². The molecule has 6 heteroatoms. The van der Waals surface area contributed by atoms with Crippen LogP contribution >= 0.6 is 15.9 Å². The summed E-state index contributed by atoms with van der Waals surface area (Å²) in [6.45, 7) is 3.03. The van der Waals surface area contributed by atoms with Gasteiger partial charge in [-0.05, 0) is 34.1 Å². The molecule has 0 saturated carbocycles. The number of carbonyl (C=O) groups is 1. The van der Waals surface area contributed by atoms with Gasteiger partial charge in [-0.15, -0.1) is 0 Å². The maximum atomic E-state index is 10.9. The Morgan fingerprint density at radius 3 is 2.45 bits per heavy atom. The molecule has 1 aromatic rings. The second-order valence-corrected chi connectivity index (χ2v) is 5.92. The molecular weight excluding hydrogens is 326 g/mol. The molecule has 0 aliphatic carbocycles. The van der Waals surface area contributed by atoms with Gasteiger partial charge in [0.15, 0.2) is 5.79 Å². The minimum Gasteiger partial charge on any atom is -0.478 e. The van der Waals surface area contributed by atoms with Gasteiger partial charge in [0.1, 0.15) is 0 Å². The highest BCUT2D eigenvalue weighted by molar-refractivity contribution is 9.10. The fourth-order valence-corrected chi connectivity index (χ4v) is 3.40. The smallest absolute Gasteiger partial charge is 0.335 e. The summed E-state index contributed by atoms with van der Waals surface area (Å²) in [5.74, 6) is -1.30. The molecule has 2 saturated heterocycles. The van der Waals surface area contributed by atoms with Crippen molar-refractivity contribution in [3.8, 4) is 0 Å². The first-order chi connectivity index (χ1) is 9.60. The monoisotopic (exact) mass is 341 g/mol. The van der Waals surface area contributed by atoms with Crippen LogP contribution in [0.3, 0.4) is 0 Å². The van der Waals surface area contributed by atoms with Gasteiger partial charge >= 0.3 is 5.97 Å². The Hall–Kier alpha value is -1.11. The summed E-state index contributed by atoms with van der Waals surface area (Å²) in [7, 11) is 0. The first-order valence-electron chi connectivity index (χ1n) is 6.65. The van der Waals surface area contributed by atoms with Crippen molar-refractivity contribution < 1.29 is 19.4 Å². The predicted octanol–water partition coefficient (Wildman–Crippen LogP) is 2.49. The fraction of sp³-hybridized carbons (Fsp3) is 0.500. The van der Waals surface area contributed by atoms with Crippen LogP contribution in [0.2, 0.25) is 0 Å². The maximum Gasteiger partial charge on any atom is 0.335 e. The van der Waals surface area contributed by atoms with Crippen molar-refractivity contribution in [3.05, 3.63) is 28.2 Å². The zero-order valence-electron chi connectivity index (χ0n) is 11.0. The third kappa shape index (κ3) is 2.55. The Kier molecular flexibility index (Phi) is 3.70. The largest absolute Gasteiger partial charge is 0.478 e. The van der Waals surface area contributed by atoms with Crippen molar-refractivity contribution in [2.24, 2.45) is 0 Å². The van der Waals surface area contributed by atoms with E-state index in [1.54, 1.807) is 12.1 Å². The Morgan fingerprint density at radius 2 is 1.90 bits per heavy atom. The second-order valence-electron chi connectivity index (χ2n) is 5.07. The number of anilines is 1. The number of piperidine rings is 1. The number of rotatable bonds is 2. The van der Waals surface area contributed by atoms with E-state index < -0.39 is 5.97 Å². The lowest BCUT2D eigenvalue weighted by molar-refractivity contribution is -0.169. The van der Waals surface area contributed by atoms with Gasteiger partial charge in [0, 0.05) is 30.4 Å². The molecule has 20 heavy (non-hydrogen) atoms. The van der Waals surface area contributed by atoms with Crippen LogP contribution in [-0.4, -0.2) is 43.2 Å². The molecule has 2 aliphatic rings. The molecule has 0 aromatic heterocycles. The van der Waals surface area contributed by atoms with Gasteiger partial charge in [-0.25, -0.2) is 4.79 Å². The average molecular weight is 342 g/mol. The molecule has 1 N–H and O–H groups in total. The molecule has 1 spiro atoms. The molecule has 5 nitrogen and oxygen atoms in total. The highest BCUT2D eigenvalue weighted by Crippen LogP contribution is 2.35. The van der Waals surface area contributed by atoms with Crippen molar-refractivity contribution in [2.45, 2.75) is 18.6 Å². The molecular formula is C14H16BrNO4. The fourth-order valence-electron chi connectivity index (χ4n) is 2.77. The number of benzene rings is 1. The summed E-state index contributed by atoms with van der Waals surface area (Å²) >= 11 is 3.46. The van der Waals surface area contributed by atoms with E-state index in [4.69, 9.17) is 14.6 Å². The van der Waals surface area contributed by atoms with Crippen LogP contribution in [0.25, 0.3) is 0 Å². The van der Waals surface area contributed by atoms with Crippen LogP contribution in [0.15, 0.2) is 22.7 Å². The van der Waals surface area contributed by atoms with Crippen molar-refractivity contribution >= 4 is 27.6 Å². The number of ether oxygens (including phenoxy) is 2. The minimum atomic E-state index is -0.914. The predicted molar refractivity (Wildman–Crippen MR) is 77.2 cm³/mol. The maximum absolute atomic E-state index is 10.9. The number of hydrogen-bond acceptors (Lipinski definition) is 4. The summed E-state index contributed by atoms with van der Waals surface area (Å²) in [4.78, 5) is 13.2. The van der Waals surface area contributed by atoms with E-state index in [-0.39, 0.29) is 11.4 Å². The molecule has 0 bridgehead atoms. The molecule has 0 radical (unpaired) electrons. The molecule has 0 amide bonds. The van der Waals surface area contributed by atoms with Gasteiger partial charge in [-0.2, -0.15) is 0 Å². The van der Waals surface area contributed by atoms with E-state index in [1.165, 1.54) is 0 Å². The Morgan fingerprint density at radius 1 is 1.25 bits per heavy atom. The number of nitrogens with zero attached hydrogens (tertiary/aromatic N) is 1. The summed E-state index contributed by atoms with van der Waals surface area (Å²) in [5.41, 5.74) is 1.31. The topological polar surface area (TPSA) is 59.0 Å². The summed E-state index contributed by atoms with van der Waals surface area (Å²) in [5, 5.41) is 8.98. The van der Waals surface area contributed by atoms with E-state index in [2.05, 4.69) is 20.8 Å². The summed E-state index contributed by atoms with van der Waals surface area (Å²) in [6.07, 6.45) is 1.67. The number of carboxylic acid groups (broad SMARTS) is 1. The SMILES string of the molecule is O=C(O)c1ccc(N2CCC3(CC2)OCCO3)c(Br)c1. The molecule has 2 heterocycles. The normalized spacial score (nSPS) is 21.4. The first-order valence-corrected chi connectivity index (χ1v) is 7.45. The zero-order valence-corrected chi connectivity index (χ0v) is 12.6. The molecule has 3 rings (SSSR count). The quantitative estimate of drug-likeness (QED) is 0.895. The number of aromatic carboxylic acids is 1. The Labute approximate surface area is 125 Å². The van der Waals surface area contributed by atoms with Crippen molar-refractivity contribution in [2.75, 3.05) is 31.2 Å². The van der Waals surface area contributed by atoms with Gasteiger partial charge in [0.25, 0.3) is 0 Å². The molecule has 0 unspecified atom stereocenters. The highest BCUT2D eigenvalue weighted by Gasteiger charge is 2.40. The van der Waals surface area contributed by atoms with Crippen LogP contribution in [0.5, 0.6) is 0 Å². The van der Waals surface area contributed by atoms with E-state index in [1.807, 2.05) is 6.07 Å². The summed E-state index contributed by atoms with van der Waals surface area (Å²) < 4.78 is 12.2. The molecule has 108 valence electrons. The van der Waals surface area contributed by atoms with E-state index in [0.717, 1.165) is 36.1 Å². The Balaban J connectivity index is 1.73. The Bertz CT molecular complexity index is 518. The standard InChI is InChI=1S/C14H16BrNO4/c15-11-9-10(13(17)18)1-2-12(11)16-5-3-14(4-6-16)19-7-8-20-14/h1-2,9H,3-8H2,(H,17,18). The second kappa shape index (κ2) is 5.35. The summed E-state index contributed by atoms with van der Waals surface area (Å²) in [6, 6.07) is 5.13. The lowest BCUT2D eigenvalue weighted by atomic mass is 10.0. The molecule has 0 atom stereocenters. The van der Waals surface area contributed by atoms with Crippen LogP contribution in [-0.2, 0) is 9.47 Å². The van der Waals surface area contributed by atoms with Crippen LogP contribution < -0.4 is 4.90 Å². The zero-order chi connectivity index (χ0) is 14.2. The van der Waals surface area contributed by atoms with Gasteiger partial charge in [0.05, 0.1) is 24.5 Å². The number of hydrogen-bond donors (Lipinski definition) is 1. The van der Waals surface area contributed by atoms with Gasteiger partial charge in [-0.3, -0.25) is 0 Å². The van der Waals surface area contributed by atoms with Crippen LogP contribution in [0.1, 0.15) is 23.2 Å². The van der Waals surface area contributed by atoms with Crippen LogP contribution in [0, 0.1) is 0 Å². The average Bonchev–Trinajstić information content (AvgIpc) is 2.88. The third-order valence-electron chi connectivity index (χ3n) is 3.87. The van der Waals surface area contributed by atoms with Crippen molar-refractivity contribution in [1.29, 1.82) is 0 Å². The van der Waals surface area contributed by atoms with Gasteiger partial charge in [0.2, 0.25) is 0 Å². The van der Waals surface area contributed by atoms with Crippen LogP contribution in [0.4, 0.5) is 5.69 Å². The number of carboxylic acids is 1. The minimum absolute atomic E-state index is 0.288. The van der Waals surface area contributed by atoms with E-state index in [9.17, 15) is 4.79 Å². The lowest BCUT2D eigenvalue weighted by Gasteiger charge is -2.39. The van der Waals surface area contributed by atoms with Crippen molar-refractivity contribution in [1.82, 2.24) is 0 Å².